The van der Waals surface area contributed by atoms with Gasteiger partial charge in [-0.1, -0.05) is 23.4 Å². The third kappa shape index (κ3) is 3.92. The summed E-state index contributed by atoms with van der Waals surface area (Å²) in [6.45, 7) is 2.05. The predicted molar refractivity (Wildman–Crippen MR) is 59.5 cm³/mol. The number of carbonyl (C=O) groups is 1. The quantitative estimate of drug-likeness (QED) is 0.587. The summed E-state index contributed by atoms with van der Waals surface area (Å²) in [5, 5.41) is 0.0518. The minimum absolute atomic E-state index is 0.00190. The standard InChI is InChI=1S/C12H10ClFO2/c1-2-16-12(15)5-3-4-9-6-7-10(13)11(14)8-9/h6-8H,2,5H2,1H3. The van der Waals surface area contributed by atoms with Gasteiger partial charge in [-0.15, -0.1) is 0 Å². The zero-order chi connectivity index (χ0) is 12.0. The van der Waals surface area contributed by atoms with E-state index in [1.165, 1.54) is 12.1 Å². The molecule has 0 bridgehead atoms. The Morgan fingerprint density at radius 1 is 1.56 bits per heavy atom. The highest BCUT2D eigenvalue weighted by molar-refractivity contribution is 6.30. The molecule has 1 rings (SSSR count). The van der Waals surface area contributed by atoms with Crippen LogP contribution in [-0.4, -0.2) is 12.6 Å². The molecule has 0 heterocycles. The highest BCUT2D eigenvalue weighted by atomic mass is 35.5. The molecule has 0 amide bonds. The van der Waals surface area contributed by atoms with Crippen LogP contribution in [0.3, 0.4) is 0 Å². The second kappa shape index (κ2) is 6.14. The fourth-order valence-corrected chi connectivity index (χ4v) is 1.12. The first-order valence-electron chi connectivity index (χ1n) is 4.73. The van der Waals surface area contributed by atoms with E-state index >= 15 is 0 Å². The first kappa shape index (κ1) is 12.5. The van der Waals surface area contributed by atoms with Crippen molar-refractivity contribution in [3.63, 3.8) is 0 Å². The van der Waals surface area contributed by atoms with Crippen molar-refractivity contribution in [3.8, 4) is 11.8 Å². The van der Waals surface area contributed by atoms with Gasteiger partial charge in [0.1, 0.15) is 12.2 Å². The number of carbonyl (C=O) groups excluding carboxylic acids is 1. The highest BCUT2D eigenvalue weighted by Gasteiger charge is 1.99. The fourth-order valence-electron chi connectivity index (χ4n) is 1.00. The zero-order valence-corrected chi connectivity index (χ0v) is 9.47. The molecule has 2 nitrogen and oxygen atoms in total. The van der Waals surface area contributed by atoms with Crippen LogP contribution in [0.4, 0.5) is 4.39 Å². The lowest BCUT2D eigenvalue weighted by Crippen LogP contribution is -2.01. The van der Waals surface area contributed by atoms with Crippen molar-refractivity contribution >= 4 is 17.6 Å². The summed E-state index contributed by atoms with van der Waals surface area (Å²) in [7, 11) is 0. The predicted octanol–water partition coefficient (Wildman–Crippen LogP) is 2.78. The van der Waals surface area contributed by atoms with Crippen LogP contribution in [0.1, 0.15) is 18.9 Å². The van der Waals surface area contributed by atoms with Crippen LogP contribution in [-0.2, 0) is 9.53 Å². The fraction of sp³-hybridized carbons (Fsp3) is 0.250. The third-order valence-electron chi connectivity index (χ3n) is 1.69. The largest absolute Gasteiger partial charge is 0.465 e. The van der Waals surface area contributed by atoms with E-state index < -0.39 is 5.82 Å². The Labute approximate surface area is 98.4 Å². The topological polar surface area (TPSA) is 26.3 Å². The van der Waals surface area contributed by atoms with Gasteiger partial charge in [-0.2, -0.15) is 0 Å². The Bertz CT molecular complexity index is 446. The Morgan fingerprint density at radius 3 is 2.94 bits per heavy atom. The van der Waals surface area contributed by atoms with Gasteiger partial charge in [0.2, 0.25) is 0 Å². The molecule has 16 heavy (non-hydrogen) atoms. The molecule has 0 saturated carbocycles. The molecule has 1 aromatic rings. The number of rotatable bonds is 2. The van der Waals surface area contributed by atoms with E-state index in [0.717, 1.165) is 0 Å². The average molecular weight is 241 g/mol. The Kier molecular flexibility index (Phi) is 4.81. The van der Waals surface area contributed by atoms with E-state index in [0.29, 0.717) is 12.2 Å². The molecule has 0 atom stereocenters. The minimum Gasteiger partial charge on any atom is -0.465 e. The van der Waals surface area contributed by atoms with Gasteiger partial charge in [-0.25, -0.2) is 4.39 Å². The number of esters is 1. The van der Waals surface area contributed by atoms with Crippen LogP contribution < -0.4 is 0 Å². The minimum atomic E-state index is -0.524. The van der Waals surface area contributed by atoms with Gasteiger partial charge in [0, 0.05) is 5.56 Å². The van der Waals surface area contributed by atoms with Gasteiger partial charge in [0.15, 0.2) is 0 Å². The first-order valence-corrected chi connectivity index (χ1v) is 5.11. The number of ether oxygens (including phenoxy) is 1. The Hall–Kier alpha value is -1.53. The van der Waals surface area contributed by atoms with Gasteiger partial charge in [-0.3, -0.25) is 4.79 Å². The first-order chi connectivity index (χ1) is 7.63. The van der Waals surface area contributed by atoms with Gasteiger partial charge in [0.25, 0.3) is 0 Å². The van der Waals surface area contributed by atoms with E-state index in [-0.39, 0.29) is 17.4 Å². The molecule has 0 radical (unpaired) electrons. The lowest BCUT2D eigenvalue weighted by atomic mass is 10.2. The molecule has 84 valence electrons. The number of benzene rings is 1. The highest BCUT2D eigenvalue weighted by Crippen LogP contribution is 2.14. The van der Waals surface area contributed by atoms with Crippen LogP contribution in [0.25, 0.3) is 0 Å². The summed E-state index contributed by atoms with van der Waals surface area (Å²) in [5.41, 5.74) is 0.478. The van der Waals surface area contributed by atoms with Crippen molar-refractivity contribution in [2.75, 3.05) is 6.61 Å². The molecule has 1 aromatic carbocycles. The van der Waals surface area contributed by atoms with E-state index in [1.54, 1.807) is 13.0 Å². The molecule has 0 saturated heterocycles. The SMILES string of the molecule is CCOC(=O)CC#Cc1ccc(Cl)c(F)c1. The average Bonchev–Trinajstić information content (AvgIpc) is 2.24. The summed E-state index contributed by atoms with van der Waals surface area (Å²) in [6.07, 6.45) is -0.00190. The molecular formula is C12H10ClFO2. The van der Waals surface area contributed by atoms with Crippen molar-refractivity contribution in [2.24, 2.45) is 0 Å². The van der Waals surface area contributed by atoms with Gasteiger partial charge < -0.3 is 4.74 Å². The molecule has 0 N–H and O–H groups in total. The molecular weight excluding hydrogens is 231 g/mol. The second-order valence-corrected chi connectivity index (χ2v) is 3.32. The summed E-state index contributed by atoms with van der Waals surface area (Å²) >= 11 is 5.51. The molecule has 4 heteroatoms. The maximum atomic E-state index is 13.0. The van der Waals surface area contributed by atoms with Crippen molar-refractivity contribution in [2.45, 2.75) is 13.3 Å². The van der Waals surface area contributed by atoms with Crippen molar-refractivity contribution in [1.82, 2.24) is 0 Å². The molecule has 0 fully saturated rings. The summed E-state index contributed by atoms with van der Waals surface area (Å²) < 4.78 is 17.7. The maximum Gasteiger partial charge on any atom is 0.317 e. The van der Waals surface area contributed by atoms with Crippen molar-refractivity contribution in [3.05, 3.63) is 34.6 Å². The van der Waals surface area contributed by atoms with E-state index in [9.17, 15) is 9.18 Å². The smallest absolute Gasteiger partial charge is 0.317 e. The molecule has 0 aliphatic carbocycles. The molecule has 0 spiro atoms. The monoisotopic (exact) mass is 240 g/mol. The number of hydrogen-bond donors (Lipinski definition) is 0. The van der Waals surface area contributed by atoms with Crippen LogP contribution in [0, 0.1) is 17.7 Å². The Morgan fingerprint density at radius 2 is 2.31 bits per heavy atom. The summed E-state index contributed by atoms with van der Waals surface area (Å²) in [5.74, 6) is 4.34. The molecule has 0 aliphatic heterocycles. The Balaban J connectivity index is 2.63. The van der Waals surface area contributed by atoms with E-state index in [1.807, 2.05) is 0 Å². The molecule has 0 aliphatic rings. The van der Waals surface area contributed by atoms with Gasteiger partial charge in [-0.05, 0) is 25.1 Å². The van der Waals surface area contributed by atoms with E-state index in [2.05, 4.69) is 16.6 Å². The van der Waals surface area contributed by atoms with E-state index in [4.69, 9.17) is 11.6 Å². The van der Waals surface area contributed by atoms with Crippen molar-refractivity contribution in [1.29, 1.82) is 0 Å². The maximum absolute atomic E-state index is 13.0. The number of hydrogen-bond acceptors (Lipinski definition) is 2. The van der Waals surface area contributed by atoms with Crippen molar-refractivity contribution < 1.29 is 13.9 Å². The van der Waals surface area contributed by atoms with Crippen LogP contribution >= 0.6 is 11.6 Å². The number of halogens is 2. The molecule has 0 unspecified atom stereocenters. The molecule has 0 aromatic heterocycles. The summed E-state index contributed by atoms with van der Waals surface area (Å²) in [4.78, 5) is 10.9. The zero-order valence-electron chi connectivity index (χ0n) is 8.72. The van der Waals surface area contributed by atoms with Gasteiger partial charge in [0.05, 0.1) is 11.6 Å². The third-order valence-corrected chi connectivity index (χ3v) is 2.00. The van der Waals surface area contributed by atoms with Crippen LogP contribution in [0.2, 0.25) is 5.02 Å². The van der Waals surface area contributed by atoms with Crippen LogP contribution in [0.15, 0.2) is 18.2 Å². The van der Waals surface area contributed by atoms with Crippen LogP contribution in [0.5, 0.6) is 0 Å². The summed E-state index contributed by atoms with van der Waals surface area (Å²) in [6, 6.07) is 4.23. The normalized spacial score (nSPS) is 9.19. The lowest BCUT2D eigenvalue weighted by Gasteiger charge is -1.95. The van der Waals surface area contributed by atoms with Gasteiger partial charge >= 0.3 is 5.97 Å². The second-order valence-electron chi connectivity index (χ2n) is 2.91. The lowest BCUT2D eigenvalue weighted by molar-refractivity contribution is -0.141.